The summed E-state index contributed by atoms with van der Waals surface area (Å²) in [4.78, 5) is 0. The Labute approximate surface area is 102 Å². The molecule has 0 saturated heterocycles. The van der Waals surface area contributed by atoms with Gasteiger partial charge in [0.05, 0.1) is 6.04 Å². The maximum absolute atomic E-state index is 4.52. The van der Waals surface area contributed by atoms with Crippen molar-refractivity contribution in [2.24, 2.45) is 11.8 Å². The first-order chi connectivity index (χ1) is 8.33. The van der Waals surface area contributed by atoms with Gasteiger partial charge in [0.1, 0.15) is 11.6 Å². The third-order valence-electron chi connectivity index (χ3n) is 5.05. The maximum Gasteiger partial charge on any atom is 0.149 e. The van der Waals surface area contributed by atoms with Gasteiger partial charge in [-0.25, -0.2) is 0 Å². The van der Waals surface area contributed by atoms with E-state index in [0.717, 1.165) is 30.7 Å². The van der Waals surface area contributed by atoms with Crippen LogP contribution in [0.3, 0.4) is 0 Å². The van der Waals surface area contributed by atoms with Gasteiger partial charge < -0.3 is 9.88 Å². The Bertz CT molecular complexity index is 439. The number of hydrogen-bond acceptors (Lipinski definition) is 3. The van der Waals surface area contributed by atoms with E-state index in [1.807, 2.05) is 0 Å². The molecule has 0 spiro atoms. The Morgan fingerprint density at radius 1 is 1.18 bits per heavy atom. The van der Waals surface area contributed by atoms with E-state index in [4.69, 9.17) is 0 Å². The predicted molar refractivity (Wildman–Crippen MR) is 64.6 cm³/mol. The van der Waals surface area contributed by atoms with E-state index < -0.39 is 0 Å². The molecule has 0 radical (unpaired) electrons. The average Bonchev–Trinajstić information content (AvgIpc) is 3.03. The van der Waals surface area contributed by atoms with Crippen LogP contribution >= 0.6 is 0 Å². The van der Waals surface area contributed by atoms with E-state index in [0.29, 0.717) is 12.0 Å². The van der Waals surface area contributed by atoms with Gasteiger partial charge in [-0.2, -0.15) is 0 Å². The third-order valence-corrected chi connectivity index (χ3v) is 5.05. The van der Waals surface area contributed by atoms with Crippen molar-refractivity contribution in [2.75, 3.05) is 6.54 Å². The molecule has 2 aliphatic carbocycles. The molecule has 1 N–H and O–H groups in total. The zero-order valence-corrected chi connectivity index (χ0v) is 10.4. The highest BCUT2D eigenvalue weighted by molar-refractivity contribution is 5.12. The van der Waals surface area contributed by atoms with Crippen LogP contribution in [0.5, 0.6) is 0 Å². The van der Waals surface area contributed by atoms with Gasteiger partial charge in [-0.3, -0.25) is 0 Å². The molecule has 4 atom stereocenters. The van der Waals surface area contributed by atoms with E-state index in [2.05, 4.69) is 27.0 Å². The van der Waals surface area contributed by atoms with Gasteiger partial charge in [-0.15, -0.1) is 10.2 Å². The molecule has 2 heterocycles. The zero-order chi connectivity index (χ0) is 11.4. The van der Waals surface area contributed by atoms with Crippen molar-refractivity contribution in [3.05, 3.63) is 11.6 Å². The summed E-state index contributed by atoms with van der Waals surface area (Å²) in [6.07, 6.45) is 5.69. The molecular formula is C13H20N4. The van der Waals surface area contributed by atoms with Crippen molar-refractivity contribution in [3.63, 3.8) is 0 Å². The van der Waals surface area contributed by atoms with Crippen LogP contribution in [-0.2, 0) is 6.54 Å². The second-order valence-electron chi connectivity index (χ2n) is 6.03. The number of rotatable bonds is 1. The fourth-order valence-electron chi connectivity index (χ4n) is 4.20. The summed E-state index contributed by atoms with van der Waals surface area (Å²) >= 11 is 0. The Morgan fingerprint density at radius 3 is 2.82 bits per heavy atom. The summed E-state index contributed by atoms with van der Waals surface area (Å²) in [5.74, 6) is 5.03. The lowest BCUT2D eigenvalue weighted by molar-refractivity contribution is 0.372. The Hall–Kier alpha value is -0.900. The summed E-state index contributed by atoms with van der Waals surface area (Å²) in [7, 11) is 0. The van der Waals surface area contributed by atoms with Gasteiger partial charge >= 0.3 is 0 Å². The average molecular weight is 232 g/mol. The number of nitrogens with zero attached hydrogens (tertiary/aromatic N) is 3. The van der Waals surface area contributed by atoms with Crippen molar-refractivity contribution in [1.82, 2.24) is 20.1 Å². The fraction of sp³-hybridized carbons (Fsp3) is 0.846. The lowest BCUT2D eigenvalue weighted by Gasteiger charge is -2.26. The van der Waals surface area contributed by atoms with Crippen LogP contribution in [0.15, 0.2) is 0 Å². The second kappa shape index (κ2) is 3.55. The molecule has 2 saturated carbocycles. The first-order valence-corrected chi connectivity index (χ1v) is 6.99. The lowest BCUT2D eigenvalue weighted by atomic mass is 9.88. The first-order valence-electron chi connectivity index (χ1n) is 6.99. The van der Waals surface area contributed by atoms with Gasteiger partial charge in [-0.05, 0) is 38.0 Å². The van der Waals surface area contributed by atoms with Crippen LogP contribution < -0.4 is 5.32 Å². The van der Waals surface area contributed by atoms with E-state index in [1.165, 1.54) is 31.5 Å². The Morgan fingerprint density at radius 2 is 2.06 bits per heavy atom. The highest BCUT2D eigenvalue weighted by Gasteiger charge is 2.43. The van der Waals surface area contributed by atoms with Gasteiger partial charge in [0.2, 0.25) is 0 Å². The normalized spacial score (nSPS) is 39.6. The minimum absolute atomic E-state index is 0.364. The second-order valence-corrected chi connectivity index (χ2v) is 6.03. The highest BCUT2D eigenvalue weighted by Crippen LogP contribution is 2.52. The Kier molecular flexibility index (Phi) is 2.10. The minimum Gasteiger partial charge on any atom is -0.312 e. The molecule has 2 bridgehead atoms. The van der Waals surface area contributed by atoms with Crippen molar-refractivity contribution < 1.29 is 0 Å². The summed E-state index contributed by atoms with van der Waals surface area (Å²) in [5.41, 5.74) is 0. The molecule has 2 fully saturated rings. The molecule has 3 aliphatic rings. The molecule has 0 aromatic carbocycles. The fourth-order valence-corrected chi connectivity index (χ4v) is 4.20. The van der Waals surface area contributed by atoms with Crippen molar-refractivity contribution in [3.8, 4) is 0 Å². The number of hydrogen-bond donors (Lipinski definition) is 1. The van der Waals surface area contributed by atoms with E-state index in [9.17, 15) is 0 Å². The van der Waals surface area contributed by atoms with Crippen molar-refractivity contribution in [2.45, 2.75) is 51.1 Å². The molecule has 1 aromatic heterocycles. The highest BCUT2D eigenvalue weighted by atomic mass is 15.3. The standard InChI is InChI=1S/C13H20N4/c1-8-12-15-16-13(17(12)5-4-14-8)11-7-9-2-3-10(11)6-9/h8-11,14H,2-7H2,1H3. The predicted octanol–water partition coefficient (Wildman–Crippen LogP) is 1.85. The zero-order valence-electron chi connectivity index (χ0n) is 10.4. The smallest absolute Gasteiger partial charge is 0.149 e. The van der Waals surface area contributed by atoms with Gasteiger partial charge in [0.15, 0.2) is 0 Å². The molecule has 92 valence electrons. The summed E-state index contributed by atoms with van der Waals surface area (Å²) < 4.78 is 2.40. The van der Waals surface area contributed by atoms with Crippen LogP contribution in [0.1, 0.15) is 56.2 Å². The lowest BCUT2D eigenvalue weighted by Crippen LogP contribution is -2.33. The van der Waals surface area contributed by atoms with Crippen LogP contribution in [0.2, 0.25) is 0 Å². The monoisotopic (exact) mass is 232 g/mol. The molecule has 0 amide bonds. The molecule has 4 rings (SSSR count). The topological polar surface area (TPSA) is 42.7 Å². The van der Waals surface area contributed by atoms with E-state index in [1.54, 1.807) is 0 Å². The third kappa shape index (κ3) is 1.39. The van der Waals surface area contributed by atoms with Gasteiger partial charge in [-0.1, -0.05) is 6.42 Å². The van der Waals surface area contributed by atoms with Gasteiger partial charge in [0.25, 0.3) is 0 Å². The Balaban J connectivity index is 1.70. The van der Waals surface area contributed by atoms with Crippen molar-refractivity contribution in [1.29, 1.82) is 0 Å². The number of aromatic nitrogens is 3. The van der Waals surface area contributed by atoms with E-state index in [-0.39, 0.29) is 0 Å². The molecule has 4 unspecified atom stereocenters. The minimum atomic E-state index is 0.364. The molecule has 1 aromatic rings. The molecular weight excluding hydrogens is 212 g/mol. The van der Waals surface area contributed by atoms with Crippen LogP contribution in [0.4, 0.5) is 0 Å². The number of fused-ring (bicyclic) bond motifs is 3. The molecule has 17 heavy (non-hydrogen) atoms. The SMILES string of the molecule is CC1NCCn2c1nnc2C1CC2CCC1C2. The first kappa shape index (κ1) is 10.1. The summed E-state index contributed by atoms with van der Waals surface area (Å²) in [6.45, 7) is 4.29. The quantitative estimate of drug-likeness (QED) is 0.803. The maximum atomic E-state index is 4.52. The van der Waals surface area contributed by atoms with E-state index >= 15 is 0 Å². The van der Waals surface area contributed by atoms with Crippen LogP contribution in [0.25, 0.3) is 0 Å². The molecule has 4 heteroatoms. The summed E-state index contributed by atoms with van der Waals surface area (Å²) in [6, 6.07) is 0.364. The largest absolute Gasteiger partial charge is 0.312 e. The van der Waals surface area contributed by atoms with Gasteiger partial charge in [0, 0.05) is 19.0 Å². The molecule has 1 aliphatic heterocycles. The number of nitrogens with one attached hydrogen (secondary N) is 1. The van der Waals surface area contributed by atoms with Crippen LogP contribution in [-0.4, -0.2) is 21.3 Å². The van der Waals surface area contributed by atoms with Crippen molar-refractivity contribution >= 4 is 0 Å². The summed E-state index contributed by atoms with van der Waals surface area (Å²) in [5, 5.41) is 12.4. The molecule has 4 nitrogen and oxygen atoms in total. The van der Waals surface area contributed by atoms with Crippen LogP contribution in [0, 0.1) is 11.8 Å².